The average molecular weight is 256 g/mol. The van der Waals surface area contributed by atoms with Crippen molar-refractivity contribution in [2.24, 2.45) is 0 Å². The molecule has 0 aliphatic heterocycles. The van der Waals surface area contributed by atoms with Gasteiger partial charge in [-0.1, -0.05) is 17.3 Å². The van der Waals surface area contributed by atoms with Gasteiger partial charge in [-0.2, -0.15) is 13.2 Å². The van der Waals surface area contributed by atoms with Crippen LogP contribution in [0.5, 0.6) is 0 Å². The first-order valence-corrected chi connectivity index (χ1v) is 5.22. The molecule has 0 saturated carbocycles. The highest BCUT2D eigenvalue weighted by molar-refractivity contribution is 5.30. The fourth-order valence-corrected chi connectivity index (χ4v) is 1.64. The minimum absolute atomic E-state index is 0.269. The van der Waals surface area contributed by atoms with Gasteiger partial charge in [0.15, 0.2) is 0 Å². The summed E-state index contributed by atoms with van der Waals surface area (Å²) in [6.07, 6.45) is -2.94. The molecule has 0 spiro atoms. The summed E-state index contributed by atoms with van der Waals surface area (Å²) in [4.78, 5) is 0. The lowest BCUT2D eigenvalue weighted by molar-refractivity contribution is -0.137. The third-order valence-electron chi connectivity index (χ3n) is 2.69. The summed E-state index contributed by atoms with van der Waals surface area (Å²) in [5, 5.41) is 7.42. The molecule has 7 heteroatoms. The van der Waals surface area contributed by atoms with Crippen molar-refractivity contribution >= 4 is 5.82 Å². The van der Waals surface area contributed by atoms with Crippen LogP contribution in [0.4, 0.5) is 19.0 Å². The molecule has 1 heterocycles. The molecular weight excluding hydrogens is 245 g/mol. The van der Waals surface area contributed by atoms with Crippen LogP contribution in [0.2, 0.25) is 0 Å². The minimum Gasteiger partial charge on any atom is -0.383 e. The largest absolute Gasteiger partial charge is 0.416 e. The molecule has 0 amide bonds. The summed E-state index contributed by atoms with van der Waals surface area (Å²) in [6.45, 7) is 1.79. The number of aromatic nitrogens is 3. The van der Waals surface area contributed by atoms with Gasteiger partial charge in [-0.05, 0) is 24.6 Å². The van der Waals surface area contributed by atoms with E-state index in [1.165, 1.54) is 23.0 Å². The van der Waals surface area contributed by atoms with Gasteiger partial charge in [0.25, 0.3) is 0 Å². The molecule has 0 radical (unpaired) electrons. The third kappa shape index (κ3) is 2.29. The Bertz CT molecular complexity index is 530. The lowest BCUT2D eigenvalue weighted by atomic mass is 10.1. The van der Waals surface area contributed by atoms with Crippen molar-refractivity contribution in [3.8, 4) is 0 Å². The highest BCUT2D eigenvalue weighted by Crippen LogP contribution is 2.30. The second-order valence-electron chi connectivity index (χ2n) is 3.90. The SMILES string of the molecule is CC(c1ccc(C(F)(F)F)cc1)n1nncc1N. The Balaban J connectivity index is 2.28. The van der Waals surface area contributed by atoms with Gasteiger partial charge in [0.1, 0.15) is 5.82 Å². The van der Waals surface area contributed by atoms with Gasteiger partial charge in [0.2, 0.25) is 0 Å². The molecule has 2 aromatic rings. The normalized spacial score (nSPS) is 13.6. The fourth-order valence-electron chi connectivity index (χ4n) is 1.64. The Kier molecular flexibility index (Phi) is 2.98. The van der Waals surface area contributed by atoms with Crippen molar-refractivity contribution in [2.75, 3.05) is 5.73 Å². The zero-order chi connectivity index (χ0) is 13.3. The molecular formula is C11H11F3N4. The molecule has 0 bridgehead atoms. The summed E-state index contributed by atoms with van der Waals surface area (Å²) in [6, 6.07) is 4.64. The van der Waals surface area contributed by atoms with E-state index in [4.69, 9.17) is 5.73 Å². The summed E-state index contributed by atoms with van der Waals surface area (Å²) >= 11 is 0. The second kappa shape index (κ2) is 4.32. The molecule has 0 fully saturated rings. The van der Waals surface area contributed by atoms with E-state index in [1.54, 1.807) is 6.92 Å². The quantitative estimate of drug-likeness (QED) is 0.898. The first kappa shape index (κ1) is 12.4. The highest BCUT2D eigenvalue weighted by atomic mass is 19.4. The molecule has 1 unspecified atom stereocenters. The number of hydrogen-bond donors (Lipinski definition) is 1. The highest BCUT2D eigenvalue weighted by Gasteiger charge is 2.30. The molecule has 2 rings (SSSR count). The predicted octanol–water partition coefficient (Wildman–Crippen LogP) is 2.49. The minimum atomic E-state index is -4.33. The van der Waals surface area contributed by atoms with E-state index in [1.807, 2.05) is 0 Å². The molecule has 1 atom stereocenters. The number of nitrogens with zero attached hydrogens (tertiary/aromatic N) is 3. The first-order chi connectivity index (χ1) is 8.39. The van der Waals surface area contributed by atoms with Crippen LogP contribution in [0.1, 0.15) is 24.1 Å². The van der Waals surface area contributed by atoms with E-state index in [0.29, 0.717) is 11.4 Å². The third-order valence-corrected chi connectivity index (χ3v) is 2.69. The van der Waals surface area contributed by atoms with E-state index in [0.717, 1.165) is 12.1 Å². The number of nitrogens with two attached hydrogens (primary N) is 1. The van der Waals surface area contributed by atoms with Crippen molar-refractivity contribution in [3.63, 3.8) is 0 Å². The Morgan fingerprint density at radius 1 is 1.22 bits per heavy atom. The monoisotopic (exact) mass is 256 g/mol. The van der Waals surface area contributed by atoms with Crippen LogP contribution in [0.15, 0.2) is 30.5 Å². The molecule has 96 valence electrons. The maximum absolute atomic E-state index is 12.4. The summed E-state index contributed by atoms with van der Waals surface area (Å²) in [5.74, 6) is 0.363. The summed E-state index contributed by atoms with van der Waals surface area (Å²) in [5.41, 5.74) is 5.64. The van der Waals surface area contributed by atoms with Gasteiger partial charge in [0, 0.05) is 0 Å². The van der Waals surface area contributed by atoms with Crippen molar-refractivity contribution in [2.45, 2.75) is 19.1 Å². The number of hydrogen-bond acceptors (Lipinski definition) is 3. The molecule has 1 aromatic carbocycles. The van der Waals surface area contributed by atoms with Crippen molar-refractivity contribution in [1.82, 2.24) is 15.0 Å². The van der Waals surface area contributed by atoms with Crippen LogP contribution in [-0.2, 0) is 6.18 Å². The van der Waals surface area contributed by atoms with E-state index < -0.39 is 11.7 Å². The number of benzene rings is 1. The van der Waals surface area contributed by atoms with E-state index in [9.17, 15) is 13.2 Å². The zero-order valence-electron chi connectivity index (χ0n) is 9.52. The fraction of sp³-hybridized carbons (Fsp3) is 0.273. The summed E-state index contributed by atoms with van der Waals surface area (Å²) < 4.78 is 38.7. The van der Waals surface area contributed by atoms with Crippen LogP contribution >= 0.6 is 0 Å². The van der Waals surface area contributed by atoms with Crippen molar-refractivity contribution in [1.29, 1.82) is 0 Å². The Labute approximate surface area is 101 Å². The van der Waals surface area contributed by atoms with Crippen molar-refractivity contribution < 1.29 is 13.2 Å². The van der Waals surface area contributed by atoms with Crippen LogP contribution in [0.25, 0.3) is 0 Å². The van der Waals surface area contributed by atoms with E-state index >= 15 is 0 Å². The summed E-state index contributed by atoms with van der Waals surface area (Å²) in [7, 11) is 0. The van der Waals surface area contributed by atoms with Gasteiger partial charge in [0.05, 0.1) is 17.8 Å². The maximum atomic E-state index is 12.4. The van der Waals surface area contributed by atoms with Crippen LogP contribution < -0.4 is 5.73 Å². The average Bonchev–Trinajstić information content (AvgIpc) is 2.73. The first-order valence-electron chi connectivity index (χ1n) is 5.22. The molecule has 2 N–H and O–H groups in total. The van der Waals surface area contributed by atoms with Crippen molar-refractivity contribution in [3.05, 3.63) is 41.6 Å². The Morgan fingerprint density at radius 3 is 2.28 bits per heavy atom. The Morgan fingerprint density at radius 2 is 1.83 bits per heavy atom. The van der Waals surface area contributed by atoms with E-state index in [-0.39, 0.29) is 6.04 Å². The van der Waals surface area contributed by atoms with Gasteiger partial charge in [-0.15, -0.1) is 5.10 Å². The standard InChI is InChI=1S/C11H11F3N4/c1-7(18-10(15)6-16-17-18)8-2-4-9(5-3-8)11(12,13)14/h2-7H,15H2,1H3. The zero-order valence-corrected chi connectivity index (χ0v) is 9.52. The van der Waals surface area contributed by atoms with Crippen LogP contribution in [0.3, 0.4) is 0 Å². The molecule has 18 heavy (non-hydrogen) atoms. The molecule has 0 saturated heterocycles. The number of nitrogen functional groups attached to an aromatic ring is 1. The lowest BCUT2D eigenvalue weighted by Gasteiger charge is -2.14. The smallest absolute Gasteiger partial charge is 0.383 e. The number of rotatable bonds is 2. The van der Waals surface area contributed by atoms with Gasteiger partial charge < -0.3 is 5.73 Å². The van der Waals surface area contributed by atoms with Gasteiger partial charge in [-0.25, -0.2) is 4.68 Å². The topological polar surface area (TPSA) is 56.7 Å². The van der Waals surface area contributed by atoms with Crippen LogP contribution in [-0.4, -0.2) is 15.0 Å². The lowest BCUT2D eigenvalue weighted by Crippen LogP contribution is -2.12. The Hall–Kier alpha value is -2.05. The molecule has 4 nitrogen and oxygen atoms in total. The molecule has 1 aromatic heterocycles. The number of anilines is 1. The second-order valence-corrected chi connectivity index (χ2v) is 3.90. The van der Waals surface area contributed by atoms with Crippen LogP contribution in [0, 0.1) is 0 Å². The number of halogens is 3. The molecule has 0 aliphatic rings. The van der Waals surface area contributed by atoms with E-state index in [2.05, 4.69) is 10.3 Å². The maximum Gasteiger partial charge on any atom is 0.416 e. The van der Waals surface area contributed by atoms with Gasteiger partial charge >= 0.3 is 6.18 Å². The van der Waals surface area contributed by atoms with Gasteiger partial charge in [-0.3, -0.25) is 0 Å². The predicted molar refractivity (Wildman–Crippen MR) is 59.7 cm³/mol. The number of alkyl halides is 3. The molecule has 0 aliphatic carbocycles.